The van der Waals surface area contributed by atoms with Gasteiger partial charge in [-0.3, -0.25) is 0 Å². The van der Waals surface area contributed by atoms with Gasteiger partial charge in [0.25, 0.3) is 0 Å². The Morgan fingerprint density at radius 3 is 2.21 bits per heavy atom. The third kappa shape index (κ3) is 4.31. The van der Waals surface area contributed by atoms with E-state index in [9.17, 15) is 0 Å². The monoisotopic (exact) mass is 266 g/mol. The zero-order chi connectivity index (χ0) is 14.6. The van der Waals surface area contributed by atoms with Gasteiger partial charge in [-0.1, -0.05) is 0 Å². The Morgan fingerprint density at radius 1 is 1.16 bits per heavy atom. The zero-order valence-corrected chi connectivity index (χ0v) is 12.9. The summed E-state index contributed by atoms with van der Waals surface area (Å²) in [7, 11) is 5.41. The van der Waals surface area contributed by atoms with Crippen LogP contribution in [0, 0.1) is 6.92 Å². The summed E-state index contributed by atoms with van der Waals surface area (Å²) in [6.45, 7) is 6.95. The molecule has 1 aromatic carbocycles. The molecular weight excluding hydrogens is 240 g/mol. The molecular formula is C15H26N2O2. The molecule has 0 amide bonds. The lowest BCUT2D eigenvalue weighted by Gasteiger charge is -2.27. The standard InChI is InChI=1S/C15H26N2O2/c1-11-9-14(19-6)12(10-13(11)18-5)17(4)8-7-15(2,3)16/h9-10H,7-8,16H2,1-6H3. The van der Waals surface area contributed by atoms with Crippen molar-refractivity contribution in [3.8, 4) is 11.5 Å². The molecule has 19 heavy (non-hydrogen) atoms. The van der Waals surface area contributed by atoms with Gasteiger partial charge in [-0.25, -0.2) is 0 Å². The van der Waals surface area contributed by atoms with Crippen LogP contribution in [0.4, 0.5) is 5.69 Å². The quantitative estimate of drug-likeness (QED) is 0.859. The van der Waals surface area contributed by atoms with Crippen LogP contribution in [0.3, 0.4) is 0 Å². The van der Waals surface area contributed by atoms with Crippen molar-refractivity contribution in [1.29, 1.82) is 0 Å². The van der Waals surface area contributed by atoms with E-state index in [-0.39, 0.29) is 5.54 Å². The summed E-state index contributed by atoms with van der Waals surface area (Å²) in [5, 5.41) is 0. The number of hydrogen-bond donors (Lipinski definition) is 1. The molecule has 0 aliphatic heterocycles. The van der Waals surface area contributed by atoms with Crippen LogP contribution in [0.1, 0.15) is 25.8 Å². The summed E-state index contributed by atoms with van der Waals surface area (Å²) < 4.78 is 10.8. The van der Waals surface area contributed by atoms with Gasteiger partial charge in [-0.2, -0.15) is 0 Å². The van der Waals surface area contributed by atoms with E-state index in [1.165, 1.54) is 0 Å². The first kappa shape index (κ1) is 15.6. The maximum absolute atomic E-state index is 6.03. The van der Waals surface area contributed by atoms with E-state index in [0.717, 1.165) is 35.7 Å². The highest BCUT2D eigenvalue weighted by atomic mass is 16.5. The normalized spacial score (nSPS) is 11.3. The van der Waals surface area contributed by atoms with Gasteiger partial charge in [0.05, 0.1) is 19.9 Å². The number of aryl methyl sites for hydroxylation is 1. The third-order valence-electron chi connectivity index (χ3n) is 3.20. The fourth-order valence-corrected chi connectivity index (χ4v) is 1.91. The Kier molecular flexibility index (Phi) is 5.06. The van der Waals surface area contributed by atoms with Crippen LogP contribution in [0.2, 0.25) is 0 Å². The molecule has 0 spiro atoms. The van der Waals surface area contributed by atoms with Crippen molar-refractivity contribution in [3.63, 3.8) is 0 Å². The molecule has 0 bridgehead atoms. The molecule has 0 unspecified atom stereocenters. The summed E-state index contributed by atoms with van der Waals surface area (Å²) in [5.74, 6) is 1.73. The molecule has 4 nitrogen and oxygen atoms in total. The average Bonchev–Trinajstić information content (AvgIpc) is 2.34. The highest BCUT2D eigenvalue weighted by Crippen LogP contribution is 2.34. The van der Waals surface area contributed by atoms with Gasteiger partial charge >= 0.3 is 0 Å². The number of nitrogens with two attached hydrogens (primary N) is 1. The molecule has 0 aromatic heterocycles. The lowest BCUT2D eigenvalue weighted by molar-refractivity contribution is 0.400. The summed E-state index contributed by atoms with van der Waals surface area (Å²) in [6, 6.07) is 4.01. The fourth-order valence-electron chi connectivity index (χ4n) is 1.91. The van der Waals surface area contributed by atoms with Crippen LogP contribution >= 0.6 is 0 Å². The minimum atomic E-state index is -0.170. The van der Waals surface area contributed by atoms with E-state index in [1.54, 1.807) is 14.2 Å². The first-order valence-corrected chi connectivity index (χ1v) is 6.51. The zero-order valence-electron chi connectivity index (χ0n) is 12.9. The van der Waals surface area contributed by atoms with E-state index in [2.05, 4.69) is 4.90 Å². The van der Waals surface area contributed by atoms with Gasteiger partial charge in [0, 0.05) is 25.2 Å². The van der Waals surface area contributed by atoms with Crippen molar-refractivity contribution in [2.75, 3.05) is 32.7 Å². The van der Waals surface area contributed by atoms with E-state index < -0.39 is 0 Å². The number of benzene rings is 1. The maximum atomic E-state index is 6.03. The molecule has 1 aromatic rings. The lowest BCUT2D eigenvalue weighted by Crippen LogP contribution is -2.36. The van der Waals surface area contributed by atoms with Crippen LogP contribution in [0.5, 0.6) is 11.5 Å². The molecule has 0 atom stereocenters. The fraction of sp³-hybridized carbons (Fsp3) is 0.600. The summed E-state index contributed by atoms with van der Waals surface area (Å²) in [4.78, 5) is 2.15. The van der Waals surface area contributed by atoms with Crippen molar-refractivity contribution in [2.45, 2.75) is 32.7 Å². The molecule has 108 valence electrons. The van der Waals surface area contributed by atoms with Gasteiger partial charge in [-0.15, -0.1) is 0 Å². The van der Waals surface area contributed by atoms with Crippen molar-refractivity contribution >= 4 is 5.69 Å². The van der Waals surface area contributed by atoms with Gasteiger partial charge < -0.3 is 20.1 Å². The van der Waals surface area contributed by atoms with Gasteiger partial charge in [0.1, 0.15) is 11.5 Å². The predicted molar refractivity (Wildman–Crippen MR) is 80.4 cm³/mol. The molecule has 0 aliphatic carbocycles. The average molecular weight is 266 g/mol. The number of rotatable bonds is 6. The number of hydrogen-bond acceptors (Lipinski definition) is 4. The molecule has 0 heterocycles. The van der Waals surface area contributed by atoms with Crippen molar-refractivity contribution < 1.29 is 9.47 Å². The van der Waals surface area contributed by atoms with E-state index in [0.29, 0.717) is 0 Å². The van der Waals surface area contributed by atoms with Crippen LogP contribution < -0.4 is 20.1 Å². The topological polar surface area (TPSA) is 47.7 Å². The first-order valence-electron chi connectivity index (χ1n) is 6.51. The lowest BCUT2D eigenvalue weighted by atomic mass is 10.0. The summed E-state index contributed by atoms with van der Waals surface area (Å²) in [5.41, 5.74) is 7.95. The van der Waals surface area contributed by atoms with Gasteiger partial charge in [0.2, 0.25) is 0 Å². The molecule has 0 saturated heterocycles. The van der Waals surface area contributed by atoms with Crippen molar-refractivity contribution in [1.82, 2.24) is 0 Å². The van der Waals surface area contributed by atoms with Crippen molar-refractivity contribution in [2.24, 2.45) is 5.73 Å². The minimum Gasteiger partial charge on any atom is -0.496 e. The Balaban J connectivity index is 2.97. The Hall–Kier alpha value is -1.42. The predicted octanol–water partition coefficient (Wildman–Crippen LogP) is 2.58. The highest BCUT2D eigenvalue weighted by Gasteiger charge is 2.16. The molecule has 1 rings (SSSR count). The largest absolute Gasteiger partial charge is 0.496 e. The van der Waals surface area contributed by atoms with E-state index in [4.69, 9.17) is 15.2 Å². The number of nitrogens with zero attached hydrogens (tertiary/aromatic N) is 1. The van der Waals surface area contributed by atoms with E-state index in [1.807, 2.05) is 40.0 Å². The molecule has 0 saturated carbocycles. The minimum absolute atomic E-state index is 0.170. The highest BCUT2D eigenvalue weighted by molar-refractivity contribution is 5.63. The second-order valence-corrected chi connectivity index (χ2v) is 5.65. The molecule has 0 aliphatic rings. The van der Waals surface area contributed by atoms with Crippen molar-refractivity contribution in [3.05, 3.63) is 17.7 Å². The Labute approximate surface area is 116 Å². The second-order valence-electron chi connectivity index (χ2n) is 5.65. The molecule has 0 radical (unpaired) electrons. The maximum Gasteiger partial charge on any atom is 0.142 e. The Bertz CT molecular complexity index is 425. The Morgan fingerprint density at radius 2 is 1.74 bits per heavy atom. The number of methoxy groups -OCH3 is 2. The van der Waals surface area contributed by atoms with Gasteiger partial charge in [-0.05, 0) is 38.8 Å². The molecule has 2 N–H and O–H groups in total. The first-order chi connectivity index (χ1) is 8.78. The summed E-state index contributed by atoms with van der Waals surface area (Å²) in [6.07, 6.45) is 0.906. The van der Waals surface area contributed by atoms with Crippen LogP contribution in [-0.4, -0.2) is 33.4 Å². The third-order valence-corrected chi connectivity index (χ3v) is 3.20. The van der Waals surface area contributed by atoms with Gasteiger partial charge in [0.15, 0.2) is 0 Å². The number of anilines is 1. The number of ether oxygens (including phenoxy) is 2. The van der Waals surface area contributed by atoms with Crippen LogP contribution in [0.15, 0.2) is 12.1 Å². The van der Waals surface area contributed by atoms with Crippen LogP contribution in [0.25, 0.3) is 0 Å². The second kappa shape index (κ2) is 6.15. The van der Waals surface area contributed by atoms with E-state index >= 15 is 0 Å². The summed E-state index contributed by atoms with van der Waals surface area (Å²) >= 11 is 0. The molecule has 0 fully saturated rings. The van der Waals surface area contributed by atoms with Crippen LogP contribution in [-0.2, 0) is 0 Å². The SMILES string of the molecule is COc1cc(N(C)CCC(C)(C)N)c(OC)cc1C. The smallest absolute Gasteiger partial charge is 0.142 e. The molecule has 4 heteroatoms.